The fraction of sp³-hybridized carbons (Fsp3) is 0.0667. The maximum absolute atomic E-state index is 2.46. The summed E-state index contributed by atoms with van der Waals surface area (Å²) in [4.78, 5) is 0. The van der Waals surface area contributed by atoms with E-state index in [2.05, 4.69) is 120 Å². The van der Waals surface area contributed by atoms with Crippen molar-refractivity contribution in [2.45, 2.75) is 12.8 Å². The summed E-state index contributed by atoms with van der Waals surface area (Å²) in [5, 5.41) is 2.62. The molecule has 0 bridgehead atoms. The van der Waals surface area contributed by atoms with Gasteiger partial charge in [-0.1, -0.05) is 84.9 Å². The summed E-state index contributed by atoms with van der Waals surface area (Å²) in [7, 11) is 0. The third-order valence-corrected chi connectivity index (χ3v) is 6.26. The highest BCUT2D eigenvalue weighted by Gasteiger charge is 2.16. The van der Waals surface area contributed by atoms with E-state index >= 15 is 0 Å². The normalized spacial score (nSPS) is 13.6. The van der Waals surface area contributed by atoms with E-state index < -0.39 is 0 Å². The smallest absolute Gasteiger partial charge is 0.0538 e. The number of rotatable bonds is 3. The van der Waals surface area contributed by atoms with Crippen LogP contribution in [-0.4, -0.2) is 4.57 Å². The van der Waals surface area contributed by atoms with Crippen LogP contribution in [0.1, 0.15) is 12.8 Å². The molecule has 0 radical (unpaired) electrons. The van der Waals surface area contributed by atoms with Crippen molar-refractivity contribution in [3.05, 3.63) is 115 Å². The van der Waals surface area contributed by atoms with E-state index in [4.69, 9.17) is 0 Å². The van der Waals surface area contributed by atoms with E-state index in [1.807, 2.05) is 0 Å². The van der Waals surface area contributed by atoms with Crippen molar-refractivity contribution in [1.82, 2.24) is 4.57 Å². The zero-order chi connectivity index (χ0) is 20.6. The van der Waals surface area contributed by atoms with E-state index in [1.165, 1.54) is 49.8 Å². The molecule has 5 aromatic rings. The molecule has 31 heavy (non-hydrogen) atoms. The van der Waals surface area contributed by atoms with E-state index in [0.29, 0.717) is 0 Å². The molecule has 1 aliphatic carbocycles. The Morgan fingerprint density at radius 2 is 1.10 bits per heavy atom. The molecule has 0 saturated carbocycles. The van der Waals surface area contributed by atoms with Gasteiger partial charge < -0.3 is 4.57 Å². The third kappa shape index (κ3) is 3.10. The summed E-state index contributed by atoms with van der Waals surface area (Å²) in [6.07, 6.45) is 8.86. The van der Waals surface area contributed by atoms with Gasteiger partial charge in [-0.15, -0.1) is 0 Å². The molecular formula is C30H23N. The van der Waals surface area contributed by atoms with Gasteiger partial charge in [-0.05, 0) is 65.4 Å². The molecule has 0 saturated heterocycles. The van der Waals surface area contributed by atoms with Gasteiger partial charge in [0.05, 0.1) is 11.0 Å². The van der Waals surface area contributed by atoms with Gasteiger partial charge in [0, 0.05) is 16.5 Å². The first-order valence-corrected chi connectivity index (χ1v) is 10.9. The number of aromatic nitrogens is 1. The Bertz CT molecular complexity index is 1350. The molecule has 4 aromatic carbocycles. The molecule has 6 rings (SSSR count). The van der Waals surface area contributed by atoms with Crippen LogP contribution in [-0.2, 0) is 0 Å². The van der Waals surface area contributed by atoms with E-state index in [-0.39, 0.29) is 0 Å². The quantitative estimate of drug-likeness (QED) is 0.288. The molecule has 0 atom stereocenters. The van der Waals surface area contributed by atoms with Crippen LogP contribution in [0.5, 0.6) is 0 Å². The molecule has 1 aromatic heterocycles. The molecule has 0 aliphatic heterocycles. The Hall–Kier alpha value is -3.84. The van der Waals surface area contributed by atoms with Gasteiger partial charge in [-0.2, -0.15) is 0 Å². The van der Waals surface area contributed by atoms with Gasteiger partial charge in [-0.3, -0.25) is 0 Å². The maximum Gasteiger partial charge on any atom is 0.0538 e. The molecule has 0 unspecified atom stereocenters. The van der Waals surface area contributed by atoms with Crippen molar-refractivity contribution in [2.75, 3.05) is 0 Å². The van der Waals surface area contributed by atoms with Crippen LogP contribution in [0.4, 0.5) is 0 Å². The zero-order valence-corrected chi connectivity index (χ0v) is 17.3. The van der Waals surface area contributed by atoms with Crippen LogP contribution < -0.4 is 0 Å². The van der Waals surface area contributed by atoms with Crippen molar-refractivity contribution in [3.8, 4) is 22.3 Å². The van der Waals surface area contributed by atoms with Crippen LogP contribution in [0.2, 0.25) is 0 Å². The lowest BCUT2D eigenvalue weighted by Crippen LogP contribution is -1.98. The van der Waals surface area contributed by atoms with Gasteiger partial charge >= 0.3 is 0 Å². The molecule has 0 amide bonds. The Morgan fingerprint density at radius 3 is 1.58 bits per heavy atom. The molecule has 0 N–H and O–H groups in total. The Morgan fingerprint density at radius 1 is 0.548 bits per heavy atom. The minimum Gasteiger partial charge on any atom is -0.313 e. The Balaban J connectivity index is 1.65. The molecular weight excluding hydrogens is 374 g/mol. The fourth-order valence-electron chi connectivity index (χ4n) is 4.73. The number of allylic oxidation sites excluding steroid dienone is 4. The first kappa shape index (κ1) is 18.0. The highest BCUT2D eigenvalue weighted by molar-refractivity contribution is 6.12. The van der Waals surface area contributed by atoms with Crippen LogP contribution in [0.25, 0.3) is 49.8 Å². The van der Waals surface area contributed by atoms with Gasteiger partial charge in [0.15, 0.2) is 0 Å². The van der Waals surface area contributed by atoms with Gasteiger partial charge in [-0.25, -0.2) is 0 Å². The summed E-state index contributed by atoms with van der Waals surface area (Å²) in [5.41, 5.74) is 8.95. The third-order valence-electron chi connectivity index (χ3n) is 6.26. The van der Waals surface area contributed by atoms with Gasteiger partial charge in [0.1, 0.15) is 0 Å². The lowest BCUT2D eigenvalue weighted by molar-refractivity contribution is 0.979. The fourth-order valence-corrected chi connectivity index (χ4v) is 4.73. The molecule has 1 heteroatoms. The lowest BCUT2D eigenvalue weighted by atomic mass is 10.0. The molecule has 1 aliphatic rings. The minimum atomic E-state index is 1.07. The first-order chi connectivity index (χ1) is 15.4. The lowest BCUT2D eigenvalue weighted by Gasteiger charge is -2.14. The largest absolute Gasteiger partial charge is 0.313 e. The zero-order valence-electron chi connectivity index (χ0n) is 17.3. The van der Waals surface area contributed by atoms with Crippen LogP contribution in [0.3, 0.4) is 0 Å². The topological polar surface area (TPSA) is 4.93 Å². The summed E-state index contributed by atoms with van der Waals surface area (Å²) in [5.74, 6) is 0. The highest BCUT2D eigenvalue weighted by Crippen LogP contribution is 2.38. The van der Waals surface area contributed by atoms with Crippen LogP contribution in [0, 0.1) is 0 Å². The van der Waals surface area contributed by atoms with Gasteiger partial charge in [0.2, 0.25) is 0 Å². The van der Waals surface area contributed by atoms with Crippen LogP contribution in [0.15, 0.2) is 115 Å². The number of nitrogens with zero attached hydrogens (tertiary/aromatic N) is 1. The van der Waals surface area contributed by atoms with E-state index in [9.17, 15) is 0 Å². The molecule has 1 nitrogen and oxygen atoms in total. The van der Waals surface area contributed by atoms with E-state index in [1.54, 1.807) is 0 Å². The highest BCUT2D eigenvalue weighted by atomic mass is 15.0. The Labute approximate surface area is 182 Å². The summed E-state index contributed by atoms with van der Waals surface area (Å²) in [6, 6.07) is 35.1. The van der Waals surface area contributed by atoms with Crippen molar-refractivity contribution < 1.29 is 0 Å². The summed E-state index contributed by atoms with van der Waals surface area (Å²) < 4.78 is 2.46. The average molecular weight is 398 g/mol. The SMILES string of the molecule is C1=CCCC(n2c3ccc(-c4ccccc4)cc3c3cc(-c4ccccc4)ccc32)=C1. The van der Waals surface area contributed by atoms with Gasteiger partial charge in [0.25, 0.3) is 0 Å². The first-order valence-electron chi connectivity index (χ1n) is 10.9. The van der Waals surface area contributed by atoms with Crippen molar-refractivity contribution in [2.24, 2.45) is 0 Å². The maximum atomic E-state index is 2.46. The number of benzene rings is 4. The van der Waals surface area contributed by atoms with Crippen molar-refractivity contribution in [1.29, 1.82) is 0 Å². The van der Waals surface area contributed by atoms with Crippen molar-refractivity contribution in [3.63, 3.8) is 0 Å². The standard InChI is InChI=1S/C30H23N/c1-4-10-22(11-5-1)24-16-18-29-27(20-24)28-21-25(23-12-6-2-7-13-23)17-19-30(28)31(29)26-14-8-3-9-15-26/h1-8,10-14,16-21H,9,15H2. The second kappa shape index (κ2) is 7.45. The molecule has 0 spiro atoms. The molecule has 148 valence electrons. The number of fused-ring (bicyclic) bond motifs is 3. The second-order valence-electron chi connectivity index (χ2n) is 8.16. The molecule has 1 heterocycles. The predicted molar refractivity (Wildman–Crippen MR) is 133 cm³/mol. The summed E-state index contributed by atoms with van der Waals surface area (Å²) in [6.45, 7) is 0. The monoisotopic (exact) mass is 397 g/mol. The predicted octanol–water partition coefficient (Wildman–Crippen LogP) is 8.32. The van der Waals surface area contributed by atoms with Crippen molar-refractivity contribution >= 4 is 27.5 Å². The minimum absolute atomic E-state index is 1.07. The summed E-state index contributed by atoms with van der Waals surface area (Å²) >= 11 is 0. The molecule has 0 fully saturated rings. The Kier molecular flexibility index (Phi) is 4.32. The average Bonchev–Trinajstić information content (AvgIpc) is 3.18. The number of hydrogen-bond acceptors (Lipinski definition) is 0. The van der Waals surface area contributed by atoms with E-state index in [0.717, 1.165) is 12.8 Å². The number of hydrogen-bond donors (Lipinski definition) is 0. The van der Waals surface area contributed by atoms with Crippen LogP contribution >= 0.6 is 0 Å². The second-order valence-corrected chi connectivity index (χ2v) is 8.16.